The zero-order valence-corrected chi connectivity index (χ0v) is 7.54. The largest absolute Gasteiger partial charge is 0.432 e. The Morgan fingerprint density at radius 1 is 1.40 bits per heavy atom. The van der Waals surface area contributed by atoms with E-state index in [1.54, 1.807) is 0 Å². The molecule has 0 spiro atoms. The third-order valence-corrected chi connectivity index (χ3v) is 1.56. The van der Waals surface area contributed by atoms with Crippen molar-refractivity contribution in [3.63, 3.8) is 0 Å². The smallest absolute Gasteiger partial charge is 0.301 e. The minimum absolute atomic E-state index is 0.124. The number of oxazole rings is 1. The summed E-state index contributed by atoms with van der Waals surface area (Å²) in [5.74, 6) is -0.415. The van der Waals surface area contributed by atoms with Gasteiger partial charge in [0, 0.05) is 6.20 Å². The third-order valence-electron chi connectivity index (χ3n) is 1.56. The van der Waals surface area contributed by atoms with Gasteiger partial charge in [0.15, 0.2) is 0 Å². The van der Waals surface area contributed by atoms with Gasteiger partial charge < -0.3 is 10.2 Å². The molecule has 0 unspecified atom stereocenters. The molecule has 15 heavy (non-hydrogen) atoms. The zero-order valence-electron chi connectivity index (χ0n) is 7.54. The van der Waals surface area contributed by atoms with Gasteiger partial charge in [-0.2, -0.15) is 0 Å². The number of primary amides is 1. The van der Waals surface area contributed by atoms with E-state index in [0.717, 1.165) is 0 Å². The van der Waals surface area contributed by atoms with Gasteiger partial charge in [0.1, 0.15) is 12.0 Å². The van der Waals surface area contributed by atoms with Crippen LogP contribution >= 0.6 is 0 Å². The Hall–Kier alpha value is -2.44. The van der Waals surface area contributed by atoms with E-state index < -0.39 is 5.91 Å². The van der Waals surface area contributed by atoms with E-state index in [9.17, 15) is 4.79 Å². The Morgan fingerprint density at radius 2 is 2.27 bits per heavy atom. The van der Waals surface area contributed by atoms with Crippen molar-refractivity contribution in [1.82, 2.24) is 15.0 Å². The van der Waals surface area contributed by atoms with Crippen molar-refractivity contribution in [2.75, 3.05) is 5.32 Å². The van der Waals surface area contributed by atoms with E-state index in [4.69, 9.17) is 10.2 Å². The monoisotopic (exact) mass is 205 g/mol. The van der Waals surface area contributed by atoms with Crippen molar-refractivity contribution in [1.29, 1.82) is 0 Å². The average Bonchev–Trinajstić information content (AvgIpc) is 2.71. The second-order valence-electron chi connectivity index (χ2n) is 2.59. The Labute approximate surface area is 84.4 Å². The first-order valence-electron chi connectivity index (χ1n) is 4.05. The molecule has 0 saturated carbocycles. The topological polar surface area (TPSA) is 107 Å². The molecular weight excluding hydrogens is 198 g/mol. The van der Waals surface area contributed by atoms with Crippen molar-refractivity contribution < 1.29 is 9.21 Å². The molecular formula is C8H7N5O2. The molecule has 2 heterocycles. The lowest BCUT2D eigenvalue weighted by molar-refractivity contribution is 0.0995. The second kappa shape index (κ2) is 3.74. The number of nitrogens with one attached hydrogen (secondary N) is 1. The Balaban J connectivity index is 2.22. The summed E-state index contributed by atoms with van der Waals surface area (Å²) < 4.78 is 4.92. The van der Waals surface area contributed by atoms with E-state index in [0.29, 0.717) is 0 Å². The fraction of sp³-hybridized carbons (Fsp3) is 0. The number of hydrogen-bond donors (Lipinski definition) is 2. The lowest BCUT2D eigenvalue weighted by Gasteiger charge is -2.00. The predicted octanol–water partition coefficient (Wildman–Crippen LogP) is 0.307. The maximum Gasteiger partial charge on any atom is 0.301 e. The zero-order chi connectivity index (χ0) is 10.7. The number of nitrogens with zero attached hydrogens (tertiary/aromatic N) is 3. The fourth-order valence-electron chi connectivity index (χ4n) is 0.937. The molecule has 2 aromatic rings. The number of amides is 1. The van der Waals surface area contributed by atoms with Gasteiger partial charge >= 0.3 is 6.01 Å². The summed E-state index contributed by atoms with van der Waals surface area (Å²) in [5, 5.41) is 2.67. The first-order valence-corrected chi connectivity index (χ1v) is 4.05. The average molecular weight is 205 g/mol. The first-order chi connectivity index (χ1) is 7.25. The van der Waals surface area contributed by atoms with E-state index in [-0.39, 0.29) is 17.7 Å². The van der Waals surface area contributed by atoms with Crippen LogP contribution in [0.25, 0.3) is 0 Å². The number of rotatable bonds is 3. The van der Waals surface area contributed by atoms with Crippen molar-refractivity contribution in [2.45, 2.75) is 0 Å². The molecule has 0 fully saturated rings. The molecule has 2 rings (SSSR count). The lowest BCUT2D eigenvalue weighted by atomic mass is 10.4. The Bertz CT molecular complexity index is 468. The lowest BCUT2D eigenvalue weighted by Crippen LogP contribution is -2.14. The van der Waals surface area contributed by atoms with Gasteiger partial charge in [-0.05, 0) is 6.07 Å². The van der Waals surface area contributed by atoms with Crippen LogP contribution in [0.3, 0.4) is 0 Å². The van der Waals surface area contributed by atoms with Crippen molar-refractivity contribution in [3.8, 4) is 0 Å². The second-order valence-corrected chi connectivity index (χ2v) is 2.59. The maximum absolute atomic E-state index is 10.8. The summed E-state index contributed by atoms with van der Waals surface area (Å²) in [7, 11) is 0. The van der Waals surface area contributed by atoms with Crippen LogP contribution < -0.4 is 11.1 Å². The molecule has 7 heteroatoms. The highest BCUT2D eigenvalue weighted by atomic mass is 16.4. The summed E-state index contributed by atoms with van der Waals surface area (Å²) in [6.07, 6.45) is 4.29. The van der Waals surface area contributed by atoms with Crippen LogP contribution in [0.2, 0.25) is 0 Å². The number of carbonyl (C=O) groups excluding carboxylic acids is 1. The first kappa shape index (κ1) is 9.13. The molecule has 0 aliphatic heterocycles. The standard InChI is InChI=1S/C8H7N5O2/c9-6(14)5-1-2-10-7(12-5)13-8-11-3-4-15-8/h1-4H,(H2,9,14)(H,10,11,12,13). The van der Waals surface area contributed by atoms with E-state index >= 15 is 0 Å². The van der Waals surface area contributed by atoms with Gasteiger partial charge in [-0.3, -0.25) is 10.1 Å². The van der Waals surface area contributed by atoms with Gasteiger partial charge in [0.2, 0.25) is 5.95 Å². The van der Waals surface area contributed by atoms with Gasteiger partial charge in [0.25, 0.3) is 5.91 Å². The molecule has 3 N–H and O–H groups in total. The molecule has 0 aromatic carbocycles. The normalized spacial score (nSPS) is 9.87. The van der Waals surface area contributed by atoms with Crippen LogP contribution in [0.15, 0.2) is 29.1 Å². The predicted molar refractivity (Wildman–Crippen MR) is 50.3 cm³/mol. The van der Waals surface area contributed by atoms with Crippen LogP contribution in [0, 0.1) is 0 Å². The number of aromatic nitrogens is 3. The molecule has 0 radical (unpaired) electrons. The molecule has 76 valence electrons. The van der Waals surface area contributed by atoms with E-state index in [1.165, 1.54) is 24.7 Å². The van der Waals surface area contributed by atoms with Crippen LogP contribution in [-0.2, 0) is 0 Å². The highest BCUT2D eigenvalue weighted by Crippen LogP contribution is 2.08. The molecule has 7 nitrogen and oxygen atoms in total. The van der Waals surface area contributed by atoms with Crippen LogP contribution in [0.1, 0.15) is 10.5 Å². The molecule has 0 saturated heterocycles. The summed E-state index contributed by atoms with van der Waals surface area (Å²) in [6, 6.07) is 1.67. The number of nitrogens with two attached hydrogens (primary N) is 1. The van der Waals surface area contributed by atoms with Gasteiger partial charge in [-0.15, -0.1) is 0 Å². The quantitative estimate of drug-likeness (QED) is 0.746. The maximum atomic E-state index is 10.8. The van der Waals surface area contributed by atoms with Crippen LogP contribution in [-0.4, -0.2) is 20.9 Å². The highest BCUT2D eigenvalue weighted by Gasteiger charge is 2.05. The fourth-order valence-corrected chi connectivity index (χ4v) is 0.937. The highest BCUT2D eigenvalue weighted by molar-refractivity contribution is 5.90. The van der Waals surface area contributed by atoms with Crippen molar-refractivity contribution >= 4 is 17.9 Å². The number of carbonyl (C=O) groups is 1. The molecule has 2 aromatic heterocycles. The molecule has 0 bridgehead atoms. The number of anilines is 2. The van der Waals surface area contributed by atoms with Crippen LogP contribution in [0.5, 0.6) is 0 Å². The Kier molecular flexibility index (Phi) is 2.28. The minimum atomic E-state index is -0.618. The number of hydrogen-bond acceptors (Lipinski definition) is 6. The summed E-state index contributed by atoms with van der Waals surface area (Å²) >= 11 is 0. The SMILES string of the molecule is NC(=O)c1ccnc(Nc2ncco2)n1. The van der Waals surface area contributed by atoms with Gasteiger partial charge in [0.05, 0.1) is 6.20 Å². The summed E-state index contributed by atoms with van der Waals surface area (Å²) in [5.41, 5.74) is 5.18. The van der Waals surface area contributed by atoms with E-state index in [1.807, 2.05) is 0 Å². The van der Waals surface area contributed by atoms with E-state index in [2.05, 4.69) is 20.3 Å². The third kappa shape index (κ3) is 2.08. The summed E-state index contributed by atoms with van der Waals surface area (Å²) in [6.45, 7) is 0. The minimum Gasteiger partial charge on any atom is -0.432 e. The Morgan fingerprint density at radius 3 is 2.93 bits per heavy atom. The molecule has 0 aliphatic carbocycles. The van der Waals surface area contributed by atoms with Crippen LogP contribution in [0.4, 0.5) is 12.0 Å². The van der Waals surface area contributed by atoms with Crippen molar-refractivity contribution in [2.24, 2.45) is 5.73 Å². The molecule has 0 atom stereocenters. The summed E-state index contributed by atoms with van der Waals surface area (Å²) in [4.78, 5) is 22.3. The van der Waals surface area contributed by atoms with Gasteiger partial charge in [-0.1, -0.05) is 0 Å². The molecule has 1 amide bonds. The van der Waals surface area contributed by atoms with Gasteiger partial charge in [-0.25, -0.2) is 15.0 Å². The van der Waals surface area contributed by atoms with Crippen molar-refractivity contribution in [3.05, 3.63) is 30.4 Å². The molecule has 0 aliphatic rings.